The molecule has 0 atom stereocenters. The number of carbonyl (C=O) groups is 1. The number of carbonyl (C=O) groups excluding carboxylic acids is 1. The minimum Gasteiger partial charge on any atom is -0.382 e. The lowest BCUT2D eigenvalue weighted by molar-refractivity contribution is -0.140. The van der Waals surface area contributed by atoms with Gasteiger partial charge in [-0.05, 0) is 62.1 Å². The highest BCUT2D eigenvalue weighted by molar-refractivity contribution is 6.33. The summed E-state index contributed by atoms with van der Waals surface area (Å²) in [6.07, 6.45) is -1.86. The van der Waals surface area contributed by atoms with Gasteiger partial charge in [-0.2, -0.15) is 18.3 Å². The summed E-state index contributed by atoms with van der Waals surface area (Å²) in [6, 6.07) is 14.5. The molecule has 1 amide bonds. The number of aromatic nitrogens is 3. The summed E-state index contributed by atoms with van der Waals surface area (Å²) in [4.78, 5) is 15.6. The molecule has 11 heteroatoms. The van der Waals surface area contributed by atoms with Gasteiger partial charge in [-0.1, -0.05) is 41.4 Å². The van der Waals surface area contributed by atoms with E-state index in [1.54, 1.807) is 22.9 Å². The minimum atomic E-state index is -4.57. The van der Waals surface area contributed by atoms with Crippen LogP contribution < -0.4 is 11.1 Å². The van der Waals surface area contributed by atoms with Gasteiger partial charge < -0.3 is 11.1 Å². The fourth-order valence-electron chi connectivity index (χ4n) is 4.81. The van der Waals surface area contributed by atoms with E-state index in [1.165, 1.54) is 12.1 Å². The van der Waals surface area contributed by atoms with Crippen LogP contribution in [0, 0.1) is 0 Å². The number of hydrogen-bond acceptors (Lipinski definition) is 4. The Kier molecular flexibility index (Phi) is 6.76. The molecule has 2 aromatic heterocycles. The largest absolute Gasteiger partial charge is 0.433 e. The maximum Gasteiger partial charge on any atom is 0.433 e. The molecule has 0 radical (unpaired) electrons. The van der Waals surface area contributed by atoms with Crippen molar-refractivity contribution in [1.29, 1.82) is 0 Å². The molecule has 0 saturated heterocycles. The lowest BCUT2D eigenvalue weighted by Crippen LogP contribution is -2.28. The van der Waals surface area contributed by atoms with E-state index in [0.29, 0.717) is 52.5 Å². The zero-order valence-corrected chi connectivity index (χ0v) is 20.9. The lowest BCUT2D eigenvalue weighted by atomic mass is 9.90. The quantitative estimate of drug-likeness (QED) is 0.278. The Morgan fingerprint density at radius 2 is 1.76 bits per heavy atom. The van der Waals surface area contributed by atoms with Crippen molar-refractivity contribution in [3.05, 3.63) is 76.0 Å². The molecule has 0 aliphatic heterocycles. The van der Waals surface area contributed by atoms with Gasteiger partial charge in [-0.25, -0.2) is 4.98 Å². The number of halogens is 5. The zero-order valence-electron chi connectivity index (χ0n) is 19.4. The molecule has 0 bridgehead atoms. The zero-order chi connectivity index (χ0) is 26.3. The van der Waals surface area contributed by atoms with Crippen LogP contribution in [0.5, 0.6) is 0 Å². The van der Waals surface area contributed by atoms with Gasteiger partial charge in [-0.3, -0.25) is 9.48 Å². The lowest BCUT2D eigenvalue weighted by Gasteiger charge is -2.31. The van der Waals surface area contributed by atoms with E-state index < -0.39 is 17.8 Å². The van der Waals surface area contributed by atoms with Crippen LogP contribution in [-0.2, 0) is 6.18 Å². The van der Waals surface area contributed by atoms with Crippen LogP contribution in [0.15, 0.2) is 54.6 Å². The van der Waals surface area contributed by atoms with Gasteiger partial charge in [0.15, 0.2) is 5.69 Å². The molecule has 1 saturated carbocycles. The second-order valence-electron chi connectivity index (χ2n) is 9.07. The van der Waals surface area contributed by atoms with Gasteiger partial charge in [0.25, 0.3) is 5.91 Å². The Bertz CT molecular complexity index is 1480. The van der Waals surface area contributed by atoms with Crippen molar-refractivity contribution in [2.45, 2.75) is 43.9 Å². The van der Waals surface area contributed by atoms with Gasteiger partial charge >= 0.3 is 6.18 Å². The molecule has 1 fully saturated rings. The predicted octanol–water partition coefficient (Wildman–Crippen LogP) is 7.12. The number of hydrogen-bond donors (Lipinski definition) is 2. The van der Waals surface area contributed by atoms with Crippen molar-refractivity contribution in [3.63, 3.8) is 0 Å². The molecule has 1 aliphatic rings. The van der Waals surface area contributed by atoms with Crippen LogP contribution in [-0.4, -0.2) is 26.7 Å². The number of rotatable bonds is 5. The number of pyridine rings is 1. The smallest absolute Gasteiger partial charge is 0.382 e. The molecule has 3 N–H and O–H groups in total. The fraction of sp³-hybridized carbons (Fsp3) is 0.269. The third-order valence-corrected chi connectivity index (χ3v) is 7.17. The number of benzene rings is 2. The number of nitrogens with two attached hydrogens (primary N) is 1. The highest BCUT2D eigenvalue weighted by Crippen LogP contribution is 2.38. The van der Waals surface area contributed by atoms with E-state index in [-0.39, 0.29) is 23.3 Å². The molecule has 37 heavy (non-hydrogen) atoms. The van der Waals surface area contributed by atoms with Crippen molar-refractivity contribution < 1.29 is 18.0 Å². The van der Waals surface area contributed by atoms with Crippen LogP contribution in [0.1, 0.15) is 47.9 Å². The average Bonchev–Trinajstić information content (AvgIpc) is 3.30. The van der Waals surface area contributed by atoms with Crippen LogP contribution in [0.3, 0.4) is 0 Å². The first-order valence-electron chi connectivity index (χ1n) is 11.7. The summed E-state index contributed by atoms with van der Waals surface area (Å²) in [7, 11) is 0. The standard InChI is InChI=1S/C26H22Cl2F3N5O/c27-14-5-10-20-18(11-14)21(13-24(34-20)26(29,30)31)33-15-6-8-16(9-7-15)36-23(12-22(35-36)25(32)37)17-3-1-2-4-19(17)28/h1-5,10-13,15-16H,6-9H2,(H2,32,37)(H,33,34). The Morgan fingerprint density at radius 1 is 1.03 bits per heavy atom. The first kappa shape index (κ1) is 25.4. The molecule has 4 aromatic rings. The maximum atomic E-state index is 13.5. The van der Waals surface area contributed by atoms with Crippen LogP contribution in [0.2, 0.25) is 10.0 Å². The van der Waals surface area contributed by atoms with E-state index >= 15 is 0 Å². The Labute approximate surface area is 220 Å². The Morgan fingerprint density at radius 3 is 2.43 bits per heavy atom. The second-order valence-corrected chi connectivity index (χ2v) is 9.91. The maximum absolute atomic E-state index is 13.5. The summed E-state index contributed by atoms with van der Waals surface area (Å²) >= 11 is 12.5. The first-order valence-corrected chi connectivity index (χ1v) is 12.4. The van der Waals surface area contributed by atoms with E-state index in [9.17, 15) is 18.0 Å². The summed E-state index contributed by atoms with van der Waals surface area (Å²) in [5.74, 6) is -0.633. The molecule has 6 nitrogen and oxygen atoms in total. The Hall–Kier alpha value is -3.30. The van der Waals surface area contributed by atoms with Gasteiger partial charge in [0.2, 0.25) is 0 Å². The molecule has 0 unspecified atom stereocenters. The number of amides is 1. The fourth-order valence-corrected chi connectivity index (χ4v) is 5.22. The molecule has 192 valence electrons. The van der Waals surface area contributed by atoms with Crippen molar-refractivity contribution in [2.75, 3.05) is 5.32 Å². The van der Waals surface area contributed by atoms with Crippen LogP contribution >= 0.6 is 23.2 Å². The van der Waals surface area contributed by atoms with E-state index in [0.717, 1.165) is 11.6 Å². The highest BCUT2D eigenvalue weighted by atomic mass is 35.5. The summed E-state index contributed by atoms with van der Waals surface area (Å²) < 4.78 is 42.3. The first-order chi connectivity index (χ1) is 17.6. The number of primary amides is 1. The van der Waals surface area contributed by atoms with Gasteiger partial charge in [-0.15, -0.1) is 0 Å². The number of nitrogens with one attached hydrogen (secondary N) is 1. The number of alkyl halides is 3. The molecular weight excluding hydrogens is 526 g/mol. The second kappa shape index (κ2) is 9.87. The molecular formula is C26H22Cl2F3N5O. The minimum absolute atomic E-state index is 0.0354. The van der Waals surface area contributed by atoms with Crippen LogP contribution in [0.4, 0.5) is 18.9 Å². The topological polar surface area (TPSA) is 85.8 Å². The van der Waals surface area contributed by atoms with Gasteiger partial charge in [0.1, 0.15) is 5.69 Å². The number of anilines is 1. The summed E-state index contributed by atoms with van der Waals surface area (Å²) in [5.41, 5.74) is 6.68. The van der Waals surface area contributed by atoms with E-state index in [1.807, 2.05) is 18.2 Å². The van der Waals surface area contributed by atoms with E-state index in [4.69, 9.17) is 28.9 Å². The number of fused-ring (bicyclic) bond motifs is 1. The molecule has 5 rings (SSSR count). The van der Waals surface area contributed by atoms with Crippen molar-refractivity contribution >= 4 is 45.7 Å². The highest BCUT2D eigenvalue weighted by Gasteiger charge is 2.34. The SMILES string of the molecule is NC(=O)c1cc(-c2ccccc2Cl)n(C2CCC(Nc3cc(C(F)(F)F)nc4ccc(Cl)cc34)CC2)n1. The normalized spacial score (nSPS) is 18.2. The van der Waals surface area contributed by atoms with Crippen LogP contribution in [0.25, 0.3) is 22.2 Å². The summed E-state index contributed by atoms with van der Waals surface area (Å²) in [6.45, 7) is 0. The van der Waals surface area contributed by atoms with Crippen molar-refractivity contribution in [1.82, 2.24) is 14.8 Å². The third-order valence-electron chi connectivity index (χ3n) is 6.60. The summed E-state index contributed by atoms with van der Waals surface area (Å²) in [5, 5.41) is 9.23. The van der Waals surface area contributed by atoms with Gasteiger partial charge in [0.05, 0.1) is 17.3 Å². The molecule has 1 aliphatic carbocycles. The van der Waals surface area contributed by atoms with Crippen molar-refractivity contribution in [3.8, 4) is 11.3 Å². The monoisotopic (exact) mass is 547 g/mol. The molecule has 2 heterocycles. The van der Waals surface area contributed by atoms with Gasteiger partial charge in [0, 0.05) is 32.7 Å². The third kappa shape index (κ3) is 5.24. The number of nitrogens with zero attached hydrogens (tertiary/aromatic N) is 3. The predicted molar refractivity (Wildman–Crippen MR) is 138 cm³/mol. The average molecular weight is 548 g/mol. The molecule has 0 spiro atoms. The van der Waals surface area contributed by atoms with Crippen molar-refractivity contribution in [2.24, 2.45) is 5.73 Å². The molecule has 2 aromatic carbocycles. The van der Waals surface area contributed by atoms with E-state index in [2.05, 4.69) is 15.4 Å². The Balaban J connectivity index is 1.40.